The molecule has 0 radical (unpaired) electrons. The van der Waals surface area contributed by atoms with E-state index in [1.807, 2.05) is 12.3 Å². The molecule has 1 unspecified atom stereocenters. The summed E-state index contributed by atoms with van der Waals surface area (Å²) >= 11 is 0. The lowest BCUT2D eigenvalue weighted by Crippen LogP contribution is -2.24. The van der Waals surface area contributed by atoms with E-state index in [9.17, 15) is 0 Å². The average molecular weight is 285 g/mol. The smallest absolute Gasteiger partial charge is 0.217 e. The molecule has 2 aromatic rings. The number of nitrogens with zero attached hydrogens (tertiary/aromatic N) is 2. The molecule has 2 heterocycles. The predicted octanol–water partition coefficient (Wildman–Crippen LogP) is 2.94. The van der Waals surface area contributed by atoms with Crippen LogP contribution in [0.25, 0.3) is 0 Å². The lowest BCUT2D eigenvalue weighted by molar-refractivity contribution is 0.382. The summed E-state index contributed by atoms with van der Waals surface area (Å²) in [5.41, 5.74) is 3.41. The molecule has 0 aromatic carbocycles. The van der Waals surface area contributed by atoms with Crippen LogP contribution >= 0.6 is 0 Å². The fourth-order valence-electron chi connectivity index (χ4n) is 2.37. The van der Waals surface area contributed by atoms with E-state index in [1.165, 1.54) is 5.56 Å². The Bertz CT molecular complexity index is 554. The second-order valence-electron chi connectivity index (χ2n) is 4.93. The van der Waals surface area contributed by atoms with Crippen molar-refractivity contribution in [2.45, 2.75) is 32.7 Å². The molecule has 1 atom stereocenters. The molecule has 0 amide bonds. The Balaban J connectivity index is 2.21. The van der Waals surface area contributed by atoms with Crippen molar-refractivity contribution in [2.75, 3.05) is 13.7 Å². The van der Waals surface area contributed by atoms with Gasteiger partial charge in [0, 0.05) is 36.1 Å². The van der Waals surface area contributed by atoms with E-state index < -0.39 is 0 Å². The molecule has 0 aliphatic heterocycles. The number of ether oxygens (including phenoxy) is 1. The summed E-state index contributed by atoms with van der Waals surface area (Å²) in [5.74, 6) is 0.675. The fraction of sp³-hybridized carbons (Fsp3) is 0.412. The van der Waals surface area contributed by atoms with Crippen molar-refractivity contribution in [3.05, 3.63) is 53.5 Å². The topological polar surface area (TPSA) is 47.0 Å². The first-order chi connectivity index (χ1) is 10.3. The van der Waals surface area contributed by atoms with Crippen molar-refractivity contribution in [2.24, 2.45) is 0 Å². The minimum Gasteiger partial charge on any atom is -0.481 e. The number of hydrogen-bond acceptors (Lipinski definition) is 4. The summed E-state index contributed by atoms with van der Waals surface area (Å²) < 4.78 is 5.38. The quantitative estimate of drug-likeness (QED) is 0.849. The Kier molecular flexibility index (Phi) is 5.69. The third-order valence-electron chi connectivity index (χ3n) is 3.53. The van der Waals surface area contributed by atoms with Crippen LogP contribution in [0.3, 0.4) is 0 Å². The van der Waals surface area contributed by atoms with Crippen LogP contribution in [0.15, 0.2) is 36.7 Å². The number of pyridine rings is 2. The van der Waals surface area contributed by atoms with Crippen LogP contribution in [-0.2, 0) is 12.8 Å². The van der Waals surface area contributed by atoms with E-state index >= 15 is 0 Å². The van der Waals surface area contributed by atoms with Crippen molar-refractivity contribution in [1.29, 1.82) is 0 Å². The maximum Gasteiger partial charge on any atom is 0.217 e. The third-order valence-corrected chi connectivity index (χ3v) is 3.53. The number of rotatable bonds is 7. The van der Waals surface area contributed by atoms with Gasteiger partial charge in [-0.3, -0.25) is 4.98 Å². The number of aryl methyl sites for hydroxylation is 1. The largest absolute Gasteiger partial charge is 0.481 e. The summed E-state index contributed by atoms with van der Waals surface area (Å²) in [6, 6.07) is 8.39. The monoisotopic (exact) mass is 285 g/mol. The van der Waals surface area contributed by atoms with Crippen LogP contribution in [0.4, 0.5) is 0 Å². The molecule has 112 valence electrons. The molecular weight excluding hydrogens is 262 g/mol. The molecule has 0 aliphatic carbocycles. The van der Waals surface area contributed by atoms with E-state index in [0.717, 1.165) is 30.6 Å². The summed E-state index contributed by atoms with van der Waals surface area (Å²) in [6.07, 6.45) is 5.54. The number of nitrogens with one attached hydrogen (secondary N) is 1. The van der Waals surface area contributed by atoms with E-state index in [1.54, 1.807) is 13.3 Å². The van der Waals surface area contributed by atoms with Crippen LogP contribution in [-0.4, -0.2) is 23.6 Å². The molecule has 0 aliphatic rings. The highest BCUT2D eigenvalue weighted by atomic mass is 16.5. The number of aromatic nitrogens is 2. The highest BCUT2D eigenvalue weighted by Crippen LogP contribution is 2.25. The molecule has 0 bridgehead atoms. The van der Waals surface area contributed by atoms with Crippen LogP contribution in [0.5, 0.6) is 5.88 Å². The molecule has 0 saturated carbocycles. The van der Waals surface area contributed by atoms with Gasteiger partial charge in [-0.15, -0.1) is 0 Å². The summed E-state index contributed by atoms with van der Waals surface area (Å²) in [7, 11) is 1.66. The van der Waals surface area contributed by atoms with Gasteiger partial charge in [-0.2, -0.15) is 0 Å². The van der Waals surface area contributed by atoms with Crippen LogP contribution in [0.1, 0.15) is 36.7 Å². The molecular formula is C17H23N3O. The Morgan fingerprint density at radius 2 is 2.05 bits per heavy atom. The van der Waals surface area contributed by atoms with Gasteiger partial charge in [0.2, 0.25) is 5.88 Å². The maximum atomic E-state index is 5.38. The minimum atomic E-state index is 0.152. The average Bonchev–Trinajstić information content (AvgIpc) is 2.55. The van der Waals surface area contributed by atoms with Gasteiger partial charge in [0.05, 0.1) is 7.11 Å². The van der Waals surface area contributed by atoms with Gasteiger partial charge in [-0.05, 0) is 30.7 Å². The summed E-state index contributed by atoms with van der Waals surface area (Å²) in [5, 5.41) is 3.49. The van der Waals surface area contributed by atoms with E-state index in [-0.39, 0.29) is 6.04 Å². The highest BCUT2D eigenvalue weighted by Gasteiger charge is 2.17. The van der Waals surface area contributed by atoms with Crippen LogP contribution in [0, 0.1) is 0 Å². The predicted molar refractivity (Wildman–Crippen MR) is 84.5 cm³/mol. The zero-order valence-corrected chi connectivity index (χ0v) is 13.0. The first kappa shape index (κ1) is 15.4. The van der Waals surface area contributed by atoms with Crippen LogP contribution < -0.4 is 10.1 Å². The van der Waals surface area contributed by atoms with Gasteiger partial charge in [-0.1, -0.05) is 26.0 Å². The van der Waals surface area contributed by atoms with E-state index in [0.29, 0.717) is 5.88 Å². The maximum absolute atomic E-state index is 5.38. The van der Waals surface area contributed by atoms with Gasteiger partial charge < -0.3 is 10.1 Å². The lowest BCUT2D eigenvalue weighted by atomic mass is 10.0. The van der Waals surface area contributed by atoms with Crippen molar-refractivity contribution >= 4 is 0 Å². The second-order valence-corrected chi connectivity index (χ2v) is 4.93. The third kappa shape index (κ3) is 4.02. The van der Waals surface area contributed by atoms with Gasteiger partial charge >= 0.3 is 0 Å². The molecule has 0 spiro atoms. The molecule has 21 heavy (non-hydrogen) atoms. The Morgan fingerprint density at radius 1 is 1.19 bits per heavy atom. The normalized spacial score (nSPS) is 12.1. The van der Waals surface area contributed by atoms with Crippen molar-refractivity contribution in [3.63, 3.8) is 0 Å². The number of methoxy groups -OCH3 is 1. The number of likely N-dealkylation sites (N-methyl/N-ethyl adjacent to an activating group) is 1. The van der Waals surface area contributed by atoms with Gasteiger partial charge in [0.15, 0.2) is 0 Å². The first-order valence-electron chi connectivity index (χ1n) is 7.44. The molecule has 2 rings (SSSR count). The Labute approximate surface area is 126 Å². The standard InChI is InChI=1S/C17H23N3O/c1-4-13-8-9-14(20-12-13)11-16(18-5-2)15-7-6-10-19-17(15)21-3/h6-10,12,16,18H,4-5,11H2,1-3H3. The number of hydrogen-bond donors (Lipinski definition) is 1. The van der Waals surface area contributed by atoms with Crippen molar-refractivity contribution in [3.8, 4) is 5.88 Å². The summed E-state index contributed by atoms with van der Waals surface area (Å²) in [6.45, 7) is 5.12. The molecule has 4 nitrogen and oxygen atoms in total. The van der Waals surface area contributed by atoms with Crippen molar-refractivity contribution in [1.82, 2.24) is 15.3 Å². The van der Waals surface area contributed by atoms with Crippen molar-refractivity contribution < 1.29 is 4.74 Å². The SMILES string of the molecule is CCNC(Cc1ccc(CC)cn1)c1cccnc1OC. The Morgan fingerprint density at radius 3 is 2.67 bits per heavy atom. The highest BCUT2D eigenvalue weighted by molar-refractivity contribution is 5.30. The molecule has 1 N–H and O–H groups in total. The van der Waals surface area contributed by atoms with E-state index in [4.69, 9.17) is 4.74 Å². The first-order valence-corrected chi connectivity index (χ1v) is 7.44. The van der Waals surface area contributed by atoms with Gasteiger partial charge in [0.25, 0.3) is 0 Å². The van der Waals surface area contributed by atoms with E-state index in [2.05, 4.69) is 47.3 Å². The second kappa shape index (κ2) is 7.74. The molecule has 0 saturated heterocycles. The molecule has 4 heteroatoms. The zero-order chi connectivity index (χ0) is 15.1. The Hall–Kier alpha value is -1.94. The summed E-state index contributed by atoms with van der Waals surface area (Å²) in [4.78, 5) is 8.84. The van der Waals surface area contributed by atoms with Gasteiger partial charge in [0.1, 0.15) is 0 Å². The fourth-order valence-corrected chi connectivity index (χ4v) is 2.37. The zero-order valence-electron chi connectivity index (χ0n) is 13.0. The van der Waals surface area contributed by atoms with Crippen LogP contribution in [0.2, 0.25) is 0 Å². The molecule has 2 aromatic heterocycles. The van der Waals surface area contributed by atoms with Gasteiger partial charge in [-0.25, -0.2) is 4.98 Å². The lowest BCUT2D eigenvalue weighted by Gasteiger charge is -2.19. The molecule has 0 fully saturated rings. The minimum absolute atomic E-state index is 0.152.